The quantitative estimate of drug-likeness (QED) is 0.891. The van der Waals surface area contributed by atoms with Gasteiger partial charge >= 0.3 is 0 Å². The van der Waals surface area contributed by atoms with Gasteiger partial charge in [0.15, 0.2) is 0 Å². The number of anilines is 2. The van der Waals surface area contributed by atoms with Crippen molar-refractivity contribution in [3.05, 3.63) is 33.3 Å². The largest absolute Gasteiger partial charge is 0.371 e. The van der Waals surface area contributed by atoms with Crippen LogP contribution < -0.4 is 15.8 Å². The SMILES string of the molecule is Cc1cc(N2CCC(Nc3cnn(C)c(=O)c3Cl)C2=O)n(C)n1. The summed E-state index contributed by atoms with van der Waals surface area (Å²) in [6.07, 6.45) is 2.06. The molecule has 0 aromatic carbocycles. The molecule has 1 saturated heterocycles. The van der Waals surface area contributed by atoms with E-state index in [1.807, 2.05) is 13.0 Å². The molecule has 23 heavy (non-hydrogen) atoms. The molecule has 2 aromatic rings. The standard InChI is InChI=1S/C14H17ClN6O2/c1-8-6-11(19(2)18-8)21-5-4-9(13(21)22)17-10-7-16-20(3)14(23)12(10)15/h6-7,9,17H,4-5H2,1-3H3. The molecule has 0 aliphatic carbocycles. The smallest absolute Gasteiger partial charge is 0.287 e. The average Bonchev–Trinajstić information content (AvgIpc) is 3.02. The Morgan fingerprint density at radius 3 is 2.70 bits per heavy atom. The Morgan fingerprint density at radius 1 is 1.30 bits per heavy atom. The Kier molecular flexibility index (Phi) is 3.85. The molecule has 0 saturated carbocycles. The van der Waals surface area contributed by atoms with E-state index in [1.54, 1.807) is 16.6 Å². The number of hydrogen-bond donors (Lipinski definition) is 1. The summed E-state index contributed by atoms with van der Waals surface area (Å²) in [4.78, 5) is 26.1. The summed E-state index contributed by atoms with van der Waals surface area (Å²) in [5.41, 5.74) is 0.822. The predicted molar refractivity (Wildman–Crippen MR) is 86.8 cm³/mol. The van der Waals surface area contributed by atoms with Crippen LogP contribution in [0.25, 0.3) is 0 Å². The molecule has 2 aromatic heterocycles. The summed E-state index contributed by atoms with van der Waals surface area (Å²) < 4.78 is 2.83. The van der Waals surface area contributed by atoms with Crippen molar-refractivity contribution in [3.8, 4) is 0 Å². The minimum Gasteiger partial charge on any atom is -0.371 e. The van der Waals surface area contributed by atoms with E-state index in [4.69, 9.17) is 11.6 Å². The average molecular weight is 337 g/mol. The summed E-state index contributed by atoms with van der Waals surface area (Å²) in [5.74, 6) is 0.676. The molecule has 1 fully saturated rings. The Morgan fingerprint density at radius 2 is 2.04 bits per heavy atom. The number of nitrogens with zero attached hydrogens (tertiary/aromatic N) is 5. The maximum absolute atomic E-state index is 12.6. The second kappa shape index (κ2) is 5.69. The third-order valence-electron chi connectivity index (χ3n) is 3.87. The number of amides is 1. The van der Waals surface area contributed by atoms with Gasteiger partial charge in [0.25, 0.3) is 11.5 Å². The van der Waals surface area contributed by atoms with Crippen molar-refractivity contribution < 1.29 is 4.79 Å². The number of halogens is 1. The van der Waals surface area contributed by atoms with Crippen molar-refractivity contribution in [1.82, 2.24) is 19.6 Å². The minimum atomic E-state index is -0.448. The zero-order valence-electron chi connectivity index (χ0n) is 13.1. The number of carbonyl (C=O) groups is 1. The van der Waals surface area contributed by atoms with Crippen molar-refractivity contribution in [2.45, 2.75) is 19.4 Å². The summed E-state index contributed by atoms with van der Waals surface area (Å²) in [6.45, 7) is 2.45. The molecule has 122 valence electrons. The molecule has 1 amide bonds. The zero-order valence-corrected chi connectivity index (χ0v) is 13.8. The molecule has 0 radical (unpaired) electrons. The van der Waals surface area contributed by atoms with Crippen molar-refractivity contribution in [3.63, 3.8) is 0 Å². The highest BCUT2D eigenvalue weighted by molar-refractivity contribution is 6.33. The van der Waals surface area contributed by atoms with E-state index in [1.165, 1.54) is 13.2 Å². The van der Waals surface area contributed by atoms with Crippen molar-refractivity contribution in [1.29, 1.82) is 0 Å². The molecule has 1 aliphatic heterocycles. The van der Waals surface area contributed by atoms with Gasteiger partial charge in [0, 0.05) is 26.7 Å². The highest BCUT2D eigenvalue weighted by Crippen LogP contribution is 2.25. The Bertz CT molecular complexity index is 827. The lowest BCUT2D eigenvalue weighted by Gasteiger charge is -2.17. The molecular weight excluding hydrogens is 320 g/mol. The third-order valence-corrected chi connectivity index (χ3v) is 4.23. The summed E-state index contributed by atoms with van der Waals surface area (Å²) in [5, 5.41) is 11.2. The monoisotopic (exact) mass is 336 g/mol. The first-order valence-electron chi connectivity index (χ1n) is 7.19. The highest BCUT2D eigenvalue weighted by Gasteiger charge is 2.34. The van der Waals surface area contributed by atoms with Gasteiger partial charge < -0.3 is 5.32 Å². The summed E-state index contributed by atoms with van der Waals surface area (Å²) >= 11 is 6.03. The lowest BCUT2D eigenvalue weighted by Crippen LogP contribution is -2.35. The summed E-state index contributed by atoms with van der Waals surface area (Å²) in [7, 11) is 3.32. The Balaban J connectivity index is 1.82. The molecule has 8 nitrogen and oxygen atoms in total. The number of carbonyl (C=O) groups excluding carboxylic acids is 1. The van der Waals surface area contributed by atoms with Gasteiger partial charge in [-0.1, -0.05) is 11.6 Å². The van der Waals surface area contributed by atoms with Gasteiger partial charge in [-0.05, 0) is 13.3 Å². The number of hydrogen-bond acceptors (Lipinski definition) is 5. The molecular formula is C14H17ClN6O2. The number of aromatic nitrogens is 4. The Hall–Kier alpha value is -2.35. The molecule has 3 rings (SSSR count). The predicted octanol–water partition coefficient (Wildman–Crippen LogP) is 0.693. The normalized spacial score (nSPS) is 17.8. The molecule has 0 bridgehead atoms. The van der Waals surface area contributed by atoms with Crippen molar-refractivity contribution in [2.24, 2.45) is 14.1 Å². The lowest BCUT2D eigenvalue weighted by molar-refractivity contribution is -0.117. The van der Waals surface area contributed by atoms with Gasteiger partial charge in [0.05, 0.1) is 17.6 Å². The zero-order chi connectivity index (χ0) is 16.7. The van der Waals surface area contributed by atoms with Gasteiger partial charge in [-0.3, -0.25) is 19.2 Å². The summed E-state index contributed by atoms with van der Waals surface area (Å²) in [6, 6.07) is 1.42. The van der Waals surface area contributed by atoms with E-state index < -0.39 is 11.6 Å². The van der Waals surface area contributed by atoms with Crippen LogP contribution in [0.4, 0.5) is 11.5 Å². The van der Waals surface area contributed by atoms with E-state index in [-0.39, 0.29) is 10.9 Å². The minimum absolute atomic E-state index is 0.0325. The maximum Gasteiger partial charge on any atom is 0.287 e. The fraction of sp³-hybridized carbons (Fsp3) is 0.429. The van der Waals surface area contributed by atoms with E-state index in [2.05, 4.69) is 15.5 Å². The number of aryl methyl sites for hydroxylation is 3. The number of nitrogens with one attached hydrogen (secondary N) is 1. The second-order valence-corrected chi connectivity index (χ2v) is 5.92. The fourth-order valence-electron chi connectivity index (χ4n) is 2.69. The van der Waals surface area contributed by atoms with Crippen LogP contribution in [0.1, 0.15) is 12.1 Å². The van der Waals surface area contributed by atoms with Gasteiger partial charge in [0.2, 0.25) is 0 Å². The van der Waals surface area contributed by atoms with Gasteiger partial charge in [-0.2, -0.15) is 10.2 Å². The van der Waals surface area contributed by atoms with Crippen LogP contribution in [-0.4, -0.2) is 38.1 Å². The van der Waals surface area contributed by atoms with E-state index in [0.717, 1.165) is 16.2 Å². The van der Waals surface area contributed by atoms with Crippen LogP contribution in [0, 0.1) is 6.92 Å². The Labute approximate surface area is 137 Å². The van der Waals surface area contributed by atoms with Crippen LogP contribution >= 0.6 is 11.6 Å². The third kappa shape index (κ3) is 2.70. The van der Waals surface area contributed by atoms with Crippen LogP contribution in [0.3, 0.4) is 0 Å². The highest BCUT2D eigenvalue weighted by atomic mass is 35.5. The first-order valence-corrected chi connectivity index (χ1v) is 7.56. The van der Waals surface area contributed by atoms with Crippen LogP contribution in [0.15, 0.2) is 17.1 Å². The molecule has 3 heterocycles. The maximum atomic E-state index is 12.6. The van der Waals surface area contributed by atoms with Crippen molar-refractivity contribution in [2.75, 3.05) is 16.8 Å². The lowest BCUT2D eigenvalue weighted by atomic mass is 10.2. The van der Waals surface area contributed by atoms with E-state index in [0.29, 0.717) is 18.7 Å². The molecule has 1 aliphatic rings. The topological polar surface area (TPSA) is 85.0 Å². The fourth-order valence-corrected chi connectivity index (χ4v) is 2.92. The van der Waals surface area contributed by atoms with Crippen molar-refractivity contribution >= 4 is 29.0 Å². The van der Waals surface area contributed by atoms with E-state index >= 15 is 0 Å². The van der Waals surface area contributed by atoms with Crippen LogP contribution in [0.2, 0.25) is 5.02 Å². The second-order valence-electron chi connectivity index (χ2n) is 5.54. The van der Waals surface area contributed by atoms with E-state index in [9.17, 15) is 9.59 Å². The molecule has 0 spiro atoms. The van der Waals surface area contributed by atoms with Gasteiger partial charge in [0.1, 0.15) is 16.9 Å². The molecule has 1 unspecified atom stereocenters. The first-order chi connectivity index (χ1) is 10.9. The first kappa shape index (κ1) is 15.5. The van der Waals surface area contributed by atoms with Gasteiger partial charge in [-0.15, -0.1) is 0 Å². The molecule has 9 heteroatoms. The van der Waals surface area contributed by atoms with Crippen LogP contribution in [0.5, 0.6) is 0 Å². The van der Waals surface area contributed by atoms with Gasteiger partial charge in [-0.25, -0.2) is 4.68 Å². The number of rotatable bonds is 3. The molecule has 1 N–H and O–H groups in total. The molecule has 1 atom stereocenters. The van der Waals surface area contributed by atoms with Crippen LogP contribution in [-0.2, 0) is 18.9 Å².